The van der Waals surface area contributed by atoms with Gasteiger partial charge in [0.2, 0.25) is 5.91 Å². The highest BCUT2D eigenvalue weighted by atomic mass is 16.2. The van der Waals surface area contributed by atoms with E-state index in [9.17, 15) is 9.59 Å². The number of rotatable bonds is 6. The molecule has 1 aromatic heterocycles. The summed E-state index contributed by atoms with van der Waals surface area (Å²) in [4.78, 5) is 24.4. The van der Waals surface area contributed by atoms with Gasteiger partial charge in [0.25, 0.3) is 0 Å². The zero-order chi connectivity index (χ0) is 21.5. The quantitative estimate of drug-likeness (QED) is 0.430. The molecular weight excluding hydrogens is 390 g/mol. The zero-order valence-corrected chi connectivity index (χ0v) is 16.7. The molecule has 0 fully saturated rings. The van der Waals surface area contributed by atoms with Gasteiger partial charge in [-0.1, -0.05) is 36.4 Å². The number of aromatic nitrogens is 2. The van der Waals surface area contributed by atoms with Crippen molar-refractivity contribution < 1.29 is 9.59 Å². The number of carbonyl (C=O) groups excluding carboxylic acids is 2. The molecule has 3 aromatic carbocycles. The van der Waals surface area contributed by atoms with E-state index in [0.29, 0.717) is 17.1 Å². The van der Waals surface area contributed by atoms with Crippen LogP contribution in [0.4, 0.5) is 21.9 Å². The first-order valence-corrected chi connectivity index (χ1v) is 9.78. The van der Waals surface area contributed by atoms with Crippen LogP contribution >= 0.6 is 0 Å². The van der Waals surface area contributed by atoms with Crippen LogP contribution in [0.5, 0.6) is 0 Å². The summed E-state index contributed by atoms with van der Waals surface area (Å²) in [6.07, 6.45) is 3.74. The number of carbonyl (C=O) groups is 2. The van der Waals surface area contributed by atoms with Gasteiger partial charge in [-0.05, 0) is 54.1 Å². The molecule has 0 atom stereocenters. The lowest BCUT2D eigenvalue weighted by Gasteiger charge is -2.09. The van der Waals surface area contributed by atoms with E-state index in [0.717, 1.165) is 11.3 Å². The highest BCUT2D eigenvalue weighted by Gasteiger charge is 2.08. The summed E-state index contributed by atoms with van der Waals surface area (Å²) in [5.74, 6) is -0.143. The summed E-state index contributed by atoms with van der Waals surface area (Å²) >= 11 is 0. The van der Waals surface area contributed by atoms with Crippen LogP contribution in [0, 0.1) is 0 Å². The summed E-state index contributed by atoms with van der Waals surface area (Å²) in [5.41, 5.74) is 3.73. The number of anilines is 3. The smallest absolute Gasteiger partial charge is 0.323 e. The lowest BCUT2D eigenvalue weighted by atomic mass is 10.2. The van der Waals surface area contributed by atoms with E-state index >= 15 is 0 Å². The van der Waals surface area contributed by atoms with Crippen LogP contribution < -0.4 is 16.0 Å². The third kappa shape index (κ3) is 5.57. The first-order chi connectivity index (χ1) is 15.2. The Balaban J connectivity index is 1.29. The number of para-hydroxylation sites is 2. The second-order valence-corrected chi connectivity index (χ2v) is 6.88. The molecule has 0 bridgehead atoms. The minimum absolute atomic E-state index is 0.143. The highest BCUT2D eigenvalue weighted by Crippen LogP contribution is 2.15. The van der Waals surface area contributed by atoms with E-state index in [1.54, 1.807) is 35.1 Å². The molecule has 7 heteroatoms. The molecule has 0 saturated carbocycles. The SMILES string of the molecule is O=C(Cc1cnn(-c2ccccc2)c1)Nc1ccc(NC(=O)Nc2ccccc2)cc1. The number of amides is 3. The maximum absolute atomic E-state index is 12.4. The summed E-state index contributed by atoms with van der Waals surface area (Å²) < 4.78 is 1.74. The maximum atomic E-state index is 12.4. The second kappa shape index (κ2) is 9.41. The molecule has 0 radical (unpaired) electrons. The molecule has 0 aliphatic heterocycles. The minimum Gasteiger partial charge on any atom is -0.326 e. The number of hydrogen-bond donors (Lipinski definition) is 3. The summed E-state index contributed by atoms with van der Waals surface area (Å²) in [7, 11) is 0. The lowest BCUT2D eigenvalue weighted by molar-refractivity contribution is -0.115. The van der Waals surface area contributed by atoms with Crippen LogP contribution in [0.25, 0.3) is 5.69 Å². The number of nitrogens with one attached hydrogen (secondary N) is 3. The van der Waals surface area contributed by atoms with Crippen molar-refractivity contribution in [3.8, 4) is 5.69 Å². The van der Waals surface area contributed by atoms with Crippen molar-refractivity contribution >= 4 is 29.0 Å². The molecule has 0 aliphatic rings. The van der Waals surface area contributed by atoms with Gasteiger partial charge in [-0.25, -0.2) is 9.48 Å². The van der Waals surface area contributed by atoms with Gasteiger partial charge in [0, 0.05) is 23.3 Å². The number of nitrogens with zero attached hydrogens (tertiary/aromatic N) is 2. The molecule has 0 saturated heterocycles. The van der Waals surface area contributed by atoms with Crippen LogP contribution in [0.2, 0.25) is 0 Å². The van der Waals surface area contributed by atoms with Crippen LogP contribution in [-0.2, 0) is 11.2 Å². The van der Waals surface area contributed by atoms with Crippen molar-refractivity contribution in [2.45, 2.75) is 6.42 Å². The molecule has 0 unspecified atom stereocenters. The Morgan fingerprint density at radius 3 is 1.90 bits per heavy atom. The Morgan fingerprint density at radius 2 is 1.26 bits per heavy atom. The summed E-state index contributed by atoms with van der Waals surface area (Å²) in [5, 5.41) is 12.7. The molecule has 154 valence electrons. The van der Waals surface area contributed by atoms with E-state index in [2.05, 4.69) is 21.0 Å². The predicted octanol–water partition coefficient (Wildman–Crippen LogP) is 4.70. The number of hydrogen-bond acceptors (Lipinski definition) is 3. The Bertz CT molecular complexity index is 1160. The fraction of sp³-hybridized carbons (Fsp3) is 0.0417. The third-order valence-electron chi connectivity index (χ3n) is 4.48. The van der Waals surface area contributed by atoms with Crippen molar-refractivity contribution in [2.24, 2.45) is 0 Å². The van der Waals surface area contributed by atoms with Gasteiger partial charge in [-0.2, -0.15) is 5.10 Å². The molecule has 4 aromatic rings. The van der Waals surface area contributed by atoms with Crippen molar-refractivity contribution in [3.63, 3.8) is 0 Å². The van der Waals surface area contributed by atoms with E-state index in [1.165, 1.54) is 0 Å². The number of benzene rings is 3. The molecule has 0 spiro atoms. The van der Waals surface area contributed by atoms with Crippen LogP contribution in [0.1, 0.15) is 5.56 Å². The van der Waals surface area contributed by atoms with E-state index in [4.69, 9.17) is 0 Å². The largest absolute Gasteiger partial charge is 0.326 e. The Labute approximate surface area is 179 Å². The first kappa shape index (κ1) is 19.9. The van der Waals surface area contributed by atoms with Gasteiger partial charge >= 0.3 is 6.03 Å². The van der Waals surface area contributed by atoms with Crippen molar-refractivity contribution in [3.05, 3.63) is 103 Å². The molecule has 1 heterocycles. The normalized spacial score (nSPS) is 10.3. The Morgan fingerprint density at radius 1 is 0.710 bits per heavy atom. The van der Waals surface area contributed by atoms with Crippen LogP contribution in [0.15, 0.2) is 97.3 Å². The average Bonchev–Trinajstić information content (AvgIpc) is 3.25. The molecule has 4 rings (SSSR count). The van der Waals surface area contributed by atoms with Crippen LogP contribution in [0.3, 0.4) is 0 Å². The second-order valence-electron chi connectivity index (χ2n) is 6.88. The molecule has 0 aliphatic carbocycles. The fourth-order valence-corrected chi connectivity index (χ4v) is 3.02. The summed E-state index contributed by atoms with van der Waals surface area (Å²) in [6.45, 7) is 0. The molecular formula is C24H21N5O2. The molecule has 31 heavy (non-hydrogen) atoms. The third-order valence-corrected chi connectivity index (χ3v) is 4.48. The van der Waals surface area contributed by atoms with Crippen molar-refractivity contribution in [1.29, 1.82) is 0 Å². The monoisotopic (exact) mass is 411 g/mol. The Hall–Kier alpha value is -4.39. The lowest BCUT2D eigenvalue weighted by Crippen LogP contribution is -2.19. The van der Waals surface area contributed by atoms with E-state index in [1.807, 2.05) is 66.9 Å². The van der Waals surface area contributed by atoms with Gasteiger partial charge in [-0.3, -0.25) is 4.79 Å². The van der Waals surface area contributed by atoms with Crippen LogP contribution in [-0.4, -0.2) is 21.7 Å². The topological polar surface area (TPSA) is 88.1 Å². The number of urea groups is 1. The van der Waals surface area contributed by atoms with Gasteiger partial charge in [0.15, 0.2) is 0 Å². The van der Waals surface area contributed by atoms with Crippen molar-refractivity contribution in [1.82, 2.24) is 9.78 Å². The molecule has 3 amide bonds. The van der Waals surface area contributed by atoms with E-state index < -0.39 is 0 Å². The molecule has 7 nitrogen and oxygen atoms in total. The highest BCUT2D eigenvalue weighted by molar-refractivity contribution is 6.00. The minimum atomic E-state index is -0.335. The van der Waals surface area contributed by atoms with Crippen molar-refractivity contribution in [2.75, 3.05) is 16.0 Å². The van der Waals surface area contributed by atoms with Gasteiger partial charge < -0.3 is 16.0 Å². The average molecular weight is 411 g/mol. The fourth-order valence-electron chi connectivity index (χ4n) is 3.02. The van der Waals surface area contributed by atoms with E-state index in [-0.39, 0.29) is 18.4 Å². The standard InChI is InChI=1S/C24H21N5O2/c30-23(15-18-16-25-29(17-18)22-9-5-2-6-10-22)26-20-11-13-21(14-12-20)28-24(31)27-19-7-3-1-4-8-19/h1-14,16-17H,15H2,(H,26,30)(H2,27,28,31). The van der Waals surface area contributed by atoms with Gasteiger partial charge in [0.05, 0.1) is 18.3 Å². The van der Waals surface area contributed by atoms with Gasteiger partial charge in [0.1, 0.15) is 0 Å². The zero-order valence-electron chi connectivity index (χ0n) is 16.7. The maximum Gasteiger partial charge on any atom is 0.323 e. The summed E-state index contributed by atoms with van der Waals surface area (Å²) in [6, 6.07) is 25.5. The predicted molar refractivity (Wildman–Crippen MR) is 121 cm³/mol. The first-order valence-electron chi connectivity index (χ1n) is 9.78. The Kier molecular flexibility index (Phi) is 6.04. The van der Waals surface area contributed by atoms with Gasteiger partial charge in [-0.15, -0.1) is 0 Å². The molecule has 3 N–H and O–H groups in total.